The normalized spacial score (nSPS) is 18.1. The number of nitrogens with zero attached hydrogens (tertiary/aromatic N) is 1. The summed E-state index contributed by atoms with van der Waals surface area (Å²) >= 11 is 0. The van der Waals surface area contributed by atoms with Crippen molar-refractivity contribution >= 4 is 12.4 Å². The molecule has 1 fully saturated rings. The van der Waals surface area contributed by atoms with E-state index in [0.29, 0.717) is 18.7 Å². The van der Waals surface area contributed by atoms with Gasteiger partial charge in [0.05, 0.1) is 0 Å². The average molecular weight is 327 g/mol. The molecule has 2 rings (SSSR count). The maximum Gasteiger partial charge on any atom is 0.389 e. The molecule has 2 nitrogen and oxygen atoms in total. The van der Waals surface area contributed by atoms with Crippen LogP contribution in [0.25, 0.3) is 0 Å². The van der Waals surface area contributed by atoms with E-state index >= 15 is 0 Å². The van der Waals surface area contributed by atoms with Crippen LogP contribution in [0.15, 0.2) is 24.3 Å². The Balaban J connectivity index is 0.00000220. The predicted molar refractivity (Wildman–Crippen MR) is 76.1 cm³/mol. The van der Waals surface area contributed by atoms with Gasteiger partial charge in [-0.1, -0.05) is 12.1 Å². The minimum absolute atomic E-state index is 0. The molecule has 1 atom stereocenters. The molecule has 1 saturated heterocycles. The summed E-state index contributed by atoms with van der Waals surface area (Å²) < 4.78 is 50.7. The van der Waals surface area contributed by atoms with Crippen molar-refractivity contribution in [3.63, 3.8) is 0 Å². The fourth-order valence-electron chi connectivity index (χ4n) is 2.57. The Morgan fingerprint density at radius 3 is 2.43 bits per heavy atom. The third-order valence-electron chi connectivity index (χ3n) is 3.53. The van der Waals surface area contributed by atoms with Gasteiger partial charge in [-0.3, -0.25) is 4.90 Å². The van der Waals surface area contributed by atoms with Gasteiger partial charge in [0.15, 0.2) is 0 Å². The Morgan fingerprint density at radius 2 is 1.86 bits per heavy atom. The molecular weight excluding hydrogens is 308 g/mol. The number of hydrogen-bond donors (Lipinski definition) is 1. The minimum Gasteiger partial charge on any atom is -0.314 e. The fraction of sp³-hybridized carbons (Fsp3) is 0.571. The molecule has 0 unspecified atom stereocenters. The van der Waals surface area contributed by atoms with Gasteiger partial charge in [0.2, 0.25) is 0 Å². The van der Waals surface area contributed by atoms with Crippen molar-refractivity contribution in [2.24, 2.45) is 0 Å². The van der Waals surface area contributed by atoms with E-state index in [1.165, 1.54) is 12.1 Å². The lowest BCUT2D eigenvalue weighted by molar-refractivity contribution is -0.138. The summed E-state index contributed by atoms with van der Waals surface area (Å²) in [4.78, 5) is 2.00. The highest BCUT2D eigenvalue weighted by Gasteiger charge is 2.31. The van der Waals surface area contributed by atoms with Crippen LogP contribution in [-0.4, -0.2) is 37.3 Å². The van der Waals surface area contributed by atoms with E-state index in [4.69, 9.17) is 0 Å². The number of piperazine rings is 1. The molecular formula is C14H19ClF4N2. The Labute approximate surface area is 127 Å². The first-order valence-corrected chi connectivity index (χ1v) is 6.73. The molecule has 1 N–H and O–H groups in total. The lowest BCUT2D eigenvalue weighted by atomic mass is 9.99. The van der Waals surface area contributed by atoms with E-state index in [1.807, 2.05) is 4.90 Å². The Bertz CT molecular complexity index is 433. The molecule has 1 aliphatic rings. The minimum atomic E-state index is -4.18. The summed E-state index contributed by atoms with van der Waals surface area (Å²) in [6.07, 6.45) is -5.06. The van der Waals surface area contributed by atoms with Crippen molar-refractivity contribution in [1.82, 2.24) is 10.2 Å². The van der Waals surface area contributed by atoms with Crippen molar-refractivity contribution in [2.45, 2.75) is 25.1 Å². The summed E-state index contributed by atoms with van der Waals surface area (Å²) in [6.45, 7) is 2.85. The molecule has 0 saturated carbocycles. The zero-order chi connectivity index (χ0) is 14.6. The zero-order valence-corrected chi connectivity index (χ0v) is 12.3. The van der Waals surface area contributed by atoms with Crippen LogP contribution in [0.2, 0.25) is 0 Å². The van der Waals surface area contributed by atoms with Crippen LogP contribution >= 0.6 is 12.4 Å². The molecule has 1 aromatic carbocycles. The van der Waals surface area contributed by atoms with Crippen molar-refractivity contribution in [3.05, 3.63) is 35.6 Å². The fourth-order valence-corrected chi connectivity index (χ4v) is 2.57. The maximum absolute atomic E-state index is 13.3. The van der Waals surface area contributed by atoms with E-state index in [1.54, 1.807) is 12.1 Å². The number of hydrogen-bond acceptors (Lipinski definition) is 2. The van der Waals surface area contributed by atoms with Gasteiger partial charge >= 0.3 is 6.18 Å². The molecule has 0 bridgehead atoms. The highest BCUT2D eigenvalue weighted by molar-refractivity contribution is 5.85. The molecule has 0 spiro atoms. The van der Waals surface area contributed by atoms with Crippen LogP contribution in [0.4, 0.5) is 17.6 Å². The summed E-state index contributed by atoms with van der Waals surface area (Å²) in [7, 11) is 0. The second-order valence-corrected chi connectivity index (χ2v) is 5.01. The quantitative estimate of drug-likeness (QED) is 0.851. The average Bonchev–Trinajstić information content (AvgIpc) is 2.39. The van der Waals surface area contributed by atoms with E-state index in [-0.39, 0.29) is 24.9 Å². The first kappa shape index (κ1) is 18.2. The molecule has 1 aliphatic heterocycles. The van der Waals surface area contributed by atoms with Crippen LogP contribution in [0.3, 0.4) is 0 Å². The van der Waals surface area contributed by atoms with Crippen LogP contribution in [0.5, 0.6) is 0 Å². The summed E-state index contributed by atoms with van der Waals surface area (Å²) in [5, 5.41) is 3.17. The lowest BCUT2D eigenvalue weighted by Gasteiger charge is -2.35. The molecule has 21 heavy (non-hydrogen) atoms. The third kappa shape index (κ3) is 5.80. The second-order valence-electron chi connectivity index (χ2n) is 5.01. The van der Waals surface area contributed by atoms with Gasteiger partial charge in [0.1, 0.15) is 5.82 Å². The SMILES string of the molecule is Cl.Fc1cccc([C@@H](CCC(F)(F)F)N2CCNCC2)c1. The molecule has 0 aromatic heterocycles. The Morgan fingerprint density at radius 1 is 1.19 bits per heavy atom. The Hall–Kier alpha value is -0.850. The van der Waals surface area contributed by atoms with Gasteiger partial charge in [-0.05, 0) is 24.1 Å². The van der Waals surface area contributed by atoms with E-state index in [0.717, 1.165) is 13.1 Å². The van der Waals surface area contributed by atoms with E-state index in [9.17, 15) is 17.6 Å². The van der Waals surface area contributed by atoms with E-state index < -0.39 is 18.4 Å². The summed E-state index contributed by atoms with van der Waals surface area (Å²) in [6, 6.07) is 5.51. The van der Waals surface area contributed by atoms with Gasteiger partial charge in [-0.25, -0.2) is 4.39 Å². The van der Waals surface area contributed by atoms with Crippen LogP contribution < -0.4 is 5.32 Å². The molecule has 7 heteroatoms. The number of rotatable bonds is 4. The van der Waals surface area contributed by atoms with Crippen LogP contribution in [-0.2, 0) is 0 Å². The molecule has 0 radical (unpaired) electrons. The van der Waals surface area contributed by atoms with Gasteiger partial charge in [-0.15, -0.1) is 12.4 Å². The number of halogens is 5. The standard InChI is InChI=1S/C14H18F4N2.ClH/c15-12-3-1-2-11(10-12)13(4-5-14(16,17)18)20-8-6-19-7-9-20;/h1-3,10,13,19H,4-9H2;1H/t13-;/m1./s1. The summed E-state index contributed by atoms with van der Waals surface area (Å²) in [5.74, 6) is -0.408. The monoisotopic (exact) mass is 326 g/mol. The zero-order valence-electron chi connectivity index (χ0n) is 11.5. The van der Waals surface area contributed by atoms with Crippen molar-refractivity contribution in [2.75, 3.05) is 26.2 Å². The molecule has 1 heterocycles. The number of alkyl halides is 3. The number of benzene rings is 1. The van der Waals surface area contributed by atoms with E-state index in [2.05, 4.69) is 5.32 Å². The second kappa shape index (κ2) is 7.96. The van der Waals surface area contributed by atoms with Gasteiger partial charge in [-0.2, -0.15) is 13.2 Å². The highest BCUT2D eigenvalue weighted by Crippen LogP contribution is 2.31. The van der Waals surface area contributed by atoms with Crippen LogP contribution in [0, 0.1) is 5.82 Å². The van der Waals surface area contributed by atoms with Crippen molar-refractivity contribution < 1.29 is 17.6 Å². The van der Waals surface area contributed by atoms with Gasteiger partial charge < -0.3 is 5.32 Å². The lowest BCUT2D eigenvalue weighted by Crippen LogP contribution is -2.45. The highest BCUT2D eigenvalue weighted by atomic mass is 35.5. The first-order chi connectivity index (χ1) is 9.46. The molecule has 0 aliphatic carbocycles. The molecule has 1 aromatic rings. The largest absolute Gasteiger partial charge is 0.389 e. The van der Waals surface area contributed by atoms with Gasteiger partial charge in [0.25, 0.3) is 0 Å². The van der Waals surface area contributed by atoms with Crippen LogP contribution in [0.1, 0.15) is 24.4 Å². The summed E-state index contributed by atoms with van der Waals surface area (Å²) in [5.41, 5.74) is 0.621. The van der Waals surface area contributed by atoms with Crippen molar-refractivity contribution in [3.8, 4) is 0 Å². The predicted octanol–water partition coefficient (Wildman–Crippen LogP) is 3.54. The molecule has 120 valence electrons. The molecule has 0 amide bonds. The maximum atomic E-state index is 13.3. The topological polar surface area (TPSA) is 15.3 Å². The third-order valence-corrected chi connectivity index (χ3v) is 3.53. The Kier molecular flexibility index (Phi) is 6.90. The smallest absolute Gasteiger partial charge is 0.314 e. The van der Waals surface area contributed by atoms with Gasteiger partial charge in [0, 0.05) is 38.6 Å². The first-order valence-electron chi connectivity index (χ1n) is 6.73. The number of nitrogens with one attached hydrogen (secondary N) is 1. The van der Waals surface area contributed by atoms with Crippen molar-refractivity contribution in [1.29, 1.82) is 0 Å².